The average molecular weight is 758 g/mol. The number of carbonyl (C=O) groups is 1. The Morgan fingerprint density at radius 2 is 0.947 bits per heavy atom. The molecule has 0 aliphatic rings. The standard InChI is InChI=1S/C51H55N3O3/c1-2-3-4-5-6-7-8-9-10-11-12-13-14-15-22-27-48(56)57-45-36-37-46(47(55)38-45)51-53-49(43-32-28-41(29-33-43)39-23-18-16-19-24-39)52-50(54-51)44-34-30-42(31-35-44)40-25-20-17-21-26-40/h9-10,16-21,23-26,28-38,55H,2-8,11-15,22,27H2,1H3/b10-9-. The molecule has 0 bridgehead atoms. The lowest BCUT2D eigenvalue weighted by molar-refractivity contribution is -0.134. The van der Waals surface area contributed by atoms with Crippen LogP contribution in [0.5, 0.6) is 11.5 Å². The highest BCUT2D eigenvalue weighted by atomic mass is 16.5. The fourth-order valence-electron chi connectivity index (χ4n) is 6.93. The minimum Gasteiger partial charge on any atom is -0.507 e. The molecule has 0 radical (unpaired) electrons. The molecule has 6 nitrogen and oxygen atoms in total. The van der Waals surface area contributed by atoms with Crippen molar-refractivity contribution in [3.8, 4) is 67.9 Å². The molecule has 6 heteroatoms. The second-order valence-electron chi connectivity index (χ2n) is 14.7. The maximum atomic E-state index is 12.7. The molecule has 292 valence electrons. The smallest absolute Gasteiger partial charge is 0.311 e. The van der Waals surface area contributed by atoms with E-state index in [1.807, 2.05) is 60.7 Å². The van der Waals surface area contributed by atoms with Crippen LogP contribution in [0.15, 0.2) is 140 Å². The number of nitrogens with zero attached hydrogens (tertiary/aromatic N) is 3. The lowest BCUT2D eigenvalue weighted by atomic mass is 10.0. The van der Waals surface area contributed by atoms with Crippen molar-refractivity contribution in [2.24, 2.45) is 0 Å². The monoisotopic (exact) mass is 757 g/mol. The third-order valence-corrected chi connectivity index (χ3v) is 10.2. The van der Waals surface area contributed by atoms with Gasteiger partial charge in [-0.2, -0.15) is 0 Å². The fourth-order valence-corrected chi connectivity index (χ4v) is 6.93. The van der Waals surface area contributed by atoms with Crippen molar-refractivity contribution >= 4 is 5.97 Å². The highest BCUT2D eigenvalue weighted by molar-refractivity contribution is 5.75. The van der Waals surface area contributed by atoms with Gasteiger partial charge in [-0.15, -0.1) is 0 Å². The number of benzene rings is 5. The third-order valence-electron chi connectivity index (χ3n) is 10.2. The van der Waals surface area contributed by atoms with E-state index in [4.69, 9.17) is 19.7 Å². The first-order chi connectivity index (χ1) is 28.1. The molecule has 0 saturated heterocycles. The van der Waals surface area contributed by atoms with Crippen LogP contribution in [-0.4, -0.2) is 26.0 Å². The number of carbonyl (C=O) groups excluding carboxylic acids is 1. The molecule has 0 aliphatic carbocycles. The highest BCUT2D eigenvalue weighted by Gasteiger charge is 2.17. The second kappa shape index (κ2) is 22.0. The molecule has 1 heterocycles. The molecule has 0 saturated carbocycles. The molecular weight excluding hydrogens is 703 g/mol. The van der Waals surface area contributed by atoms with E-state index in [1.54, 1.807) is 12.1 Å². The zero-order valence-electron chi connectivity index (χ0n) is 33.3. The first kappa shape index (κ1) is 40.8. The van der Waals surface area contributed by atoms with Crippen LogP contribution in [0.25, 0.3) is 56.4 Å². The number of aromatic hydroxyl groups is 1. The Kier molecular flexibility index (Phi) is 15.7. The summed E-state index contributed by atoms with van der Waals surface area (Å²) in [5.74, 6) is 1.19. The van der Waals surface area contributed by atoms with E-state index in [1.165, 1.54) is 63.9 Å². The minimum absolute atomic E-state index is 0.0803. The first-order valence-electron chi connectivity index (χ1n) is 20.8. The number of phenols is 1. The van der Waals surface area contributed by atoms with Gasteiger partial charge < -0.3 is 9.84 Å². The number of hydrogen-bond donors (Lipinski definition) is 1. The van der Waals surface area contributed by atoms with E-state index in [2.05, 4.69) is 67.6 Å². The predicted molar refractivity (Wildman–Crippen MR) is 234 cm³/mol. The molecule has 0 atom stereocenters. The van der Waals surface area contributed by atoms with Crippen molar-refractivity contribution in [3.05, 3.63) is 140 Å². The quantitative estimate of drug-likeness (QED) is 0.0340. The lowest BCUT2D eigenvalue weighted by Crippen LogP contribution is -2.07. The van der Waals surface area contributed by atoms with Crippen LogP contribution in [0.1, 0.15) is 96.8 Å². The number of phenolic OH excluding ortho intramolecular Hbond substituents is 1. The molecule has 5 aromatic carbocycles. The zero-order valence-corrected chi connectivity index (χ0v) is 33.3. The number of aromatic nitrogens is 3. The molecule has 1 aromatic heterocycles. The Labute approximate surface area is 338 Å². The number of allylic oxidation sites excluding steroid dienone is 2. The first-order valence-corrected chi connectivity index (χ1v) is 20.8. The van der Waals surface area contributed by atoms with E-state index in [0.29, 0.717) is 29.5 Å². The third kappa shape index (κ3) is 12.6. The van der Waals surface area contributed by atoms with Gasteiger partial charge in [0.1, 0.15) is 11.5 Å². The van der Waals surface area contributed by atoms with Crippen LogP contribution in [-0.2, 0) is 4.79 Å². The number of esters is 1. The highest BCUT2D eigenvalue weighted by Crippen LogP contribution is 2.34. The van der Waals surface area contributed by atoms with Crippen LogP contribution in [0, 0.1) is 0 Å². The van der Waals surface area contributed by atoms with Crippen molar-refractivity contribution < 1.29 is 14.6 Å². The molecule has 0 aliphatic heterocycles. The molecule has 6 aromatic rings. The maximum Gasteiger partial charge on any atom is 0.311 e. The summed E-state index contributed by atoms with van der Waals surface area (Å²) in [7, 11) is 0. The Morgan fingerprint density at radius 3 is 1.46 bits per heavy atom. The molecule has 6 rings (SSSR count). The van der Waals surface area contributed by atoms with Gasteiger partial charge in [0.15, 0.2) is 17.5 Å². The summed E-state index contributed by atoms with van der Waals surface area (Å²) in [4.78, 5) is 27.3. The summed E-state index contributed by atoms with van der Waals surface area (Å²) in [5, 5.41) is 11.2. The summed E-state index contributed by atoms with van der Waals surface area (Å²) < 4.78 is 5.63. The van der Waals surface area contributed by atoms with Crippen molar-refractivity contribution in [3.63, 3.8) is 0 Å². The predicted octanol–water partition coefficient (Wildman–Crippen LogP) is 13.9. The van der Waals surface area contributed by atoms with E-state index < -0.39 is 0 Å². The number of rotatable bonds is 21. The van der Waals surface area contributed by atoms with Gasteiger partial charge in [0.05, 0.1) is 5.56 Å². The van der Waals surface area contributed by atoms with Gasteiger partial charge >= 0.3 is 5.97 Å². The number of unbranched alkanes of at least 4 members (excludes halogenated alkanes) is 11. The Balaban J connectivity index is 1.07. The molecule has 57 heavy (non-hydrogen) atoms. The summed E-state index contributed by atoms with van der Waals surface area (Å²) in [6.07, 6.45) is 20.7. The maximum absolute atomic E-state index is 12.7. The summed E-state index contributed by atoms with van der Waals surface area (Å²) in [5.41, 5.74) is 6.48. The van der Waals surface area contributed by atoms with Crippen LogP contribution >= 0.6 is 0 Å². The van der Waals surface area contributed by atoms with Crippen LogP contribution in [0.2, 0.25) is 0 Å². The van der Waals surface area contributed by atoms with Gasteiger partial charge in [-0.3, -0.25) is 4.79 Å². The molecular formula is C51H55N3O3. The van der Waals surface area contributed by atoms with Crippen molar-refractivity contribution in [2.45, 2.75) is 96.8 Å². The van der Waals surface area contributed by atoms with Crippen molar-refractivity contribution in [1.82, 2.24) is 15.0 Å². The van der Waals surface area contributed by atoms with Gasteiger partial charge in [-0.1, -0.05) is 180 Å². The van der Waals surface area contributed by atoms with Crippen LogP contribution in [0.3, 0.4) is 0 Å². The van der Waals surface area contributed by atoms with Crippen LogP contribution < -0.4 is 4.74 Å². The van der Waals surface area contributed by atoms with Gasteiger partial charge in [-0.05, 0) is 66.5 Å². The largest absolute Gasteiger partial charge is 0.507 e. The Bertz CT molecular complexity index is 2050. The Hall–Kier alpha value is -5.88. The van der Waals surface area contributed by atoms with Gasteiger partial charge in [0.25, 0.3) is 0 Å². The van der Waals surface area contributed by atoms with Crippen molar-refractivity contribution in [1.29, 1.82) is 0 Å². The molecule has 0 amide bonds. The summed E-state index contributed by atoms with van der Waals surface area (Å²) in [6.45, 7) is 2.26. The molecule has 0 spiro atoms. The van der Waals surface area contributed by atoms with Crippen LogP contribution in [0.4, 0.5) is 0 Å². The minimum atomic E-state index is -0.303. The van der Waals surface area contributed by atoms with E-state index in [-0.39, 0.29) is 17.5 Å². The SMILES string of the molecule is CCCCCCCC/C=C\CCCCCCCC(=O)Oc1ccc(-c2nc(-c3ccc(-c4ccccc4)cc3)nc(-c3ccc(-c4ccccc4)cc3)n2)c(O)c1. The van der Waals surface area contributed by atoms with Gasteiger partial charge in [0, 0.05) is 23.6 Å². The molecule has 1 N–H and O–H groups in total. The fraction of sp³-hybridized carbons (Fsp3) is 0.294. The number of hydrogen-bond acceptors (Lipinski definition) is 6. The zero-order chi connectivity index (χ0) is 39.5. The van der Waals surface area contributed by atoms with Gasteiger partial charge in [-0.25, -0.2) is 15.0 Å². The number of ether oxygens (including phenoxy) is 1. The summed E-state index contributed by atoms with van der Waals surface area (Å²) >= 11 is 0. The molecule has 0 unspecified atom stereocenters. The summed E-state index contributed by atoms with van der Waals surface area (Å²) in [6, 6.07) is 41.5. The van der Waals surface area contributed by atoms with E-state index in [0.717, 1.165) is 59.1 Å². The molecule has 0 fully saturated rings. The Morgan fingerprint density at radius 1 is 0.509 bits per heavy atom. The van der Waals surface area contributed by atoms with Crippen molar-refractivity contribution in [2.75, 3.05) is 0 Å². The normalized spacial score (nSPS) is 11.2. The second-order valence-corrected chi connectivity index (χ2v) is 14.7. The lowest BCUT2D eigenvalue weighted by Gasteiger charge is -2.11. The van der Waals surface area contributed by atoms with Gasteiger partial charge in [0.2, 0.25) is 0 Å². The topological polar surface area (TPSA) is 85.2 Å². The average Bonchev–Trinajstić information content (AvgIpc) is 3.25. The van der Waals surface area contributed by atoms with E-state index >= 15 is 0 Å². The van der Waals surface area contributed by atoms with E-state index in [9.17, 15) is 9.90 Å².